The van der Waals surface area contributed by atoms with E-state index in [2.05, 4.69) is 5.32 Å². The van der Waals surface area contributed by atoms with E-state index in [4.69, 9.17) is 5.14 Å². The molecule has 3 N–H and O–H groups in total. The molecule has 0 aromatic heterocycles. The lowest BCUT2D eigenvalue weighted by Gasteiger charge is -2.10. The highest BCUT2D eigenvalue weighted by atomic mass is 32.2. The molecule has 0 aliphatic heterocycles. The number of amides is 1. The average molecular weight is 256 g/mol. The van der Waals surface area contributed by atoms with E-state index in [9.17, 15) is 13.2 Å². The molecule has 0 fully saturated rings. The molecule has 1 amide bonds. The summed E-state index contributed by atoms with van der Waals surface area (Å²) in [4.78, 5) is 11.6. The Morgan fingerprint density at radius 3 is 2.47 bits per heavy atom. The lowest BCUT2D eigenvalue weighted by molar-refractivity contribution is 0.0945. The third-order valence-electron chi connectivity index (χ3n) is 2.11. The van der Waals surface area contributed by atoms with E-state index in [0.717, 1.165) is 0 Å². The van der Waals surface area contributed by atoms with Crippen molar-refractivity contribution in [3.8, 4) is 0 Å². The zero-order valence-electron chi connectivity index (χ0n) is 9.80. The van der Waals surface area contributed by atoms with Gasteiger partial charge in [0, 0.05) is 6.54 Å². The Hall–Kier alpha value is -1.40. The van der Waals surface area contributed by atoms with Crippen LogP contribution < -0.4 is 10.5 Å². The fourth-order valence-corrected chi connectivity index (χ4v) is 2.03. The smallest absolute Gasteiger partial charge is 0.252 e. The van der Waals surface area contributed by atoms with Gasteiger partial charge in [0.05, 0.1) is 10.5 Å². The van der Waals surface area contributed by atoms with E-state index in [1.165, 1.54) is 18.2 Å². The summed E-state index contributed by atoms with van der Waals surface area (Å²) in [7, 11) is -3.88. The maximum Gasteiger partial charge on any atom is 0.252 e. The number of nitrogens with two attached hydrogens (primary N) is 1. The Morgan fingerprint density at radius 2 is 1.94 bits per heavy atom. The molecular weight excluding hydrogens is 240 g/mol. The molecule has 0 bridgehead atoms. The van der Waals surface area contributed by atoms with E-state index >= 15 is 0 Å². The van der Waals surface area contributed by atoms with Gasteiger partial charge in [-0.15, -0.1) is 0 Å². The molecule has 1 aromatic rings. The second-order valence-electron chi connectivity index (χ2n) is 4.15. The SMILES string of the molecule is CC(C)CNC(=O)c1ccccc1S(N)(=O)=O. The van der Waals surface area contributed by atoms with Crippen LogP contribution in [0.5, 0.6) is 0 Å². The molecule has 0 radical (unpaired) electrons. The molecule has 5 nitrogen and oxygen atoms in total. The van der Waals surface area contributed by atoms with Gasteiger partial charge in [-0.25, -0.2) is 13.6 Å². The van der Waals surface area contributed by atoms with E-state index in [1.54, 1.807) is 6.07 Å². The van der Waals surface area contributed by atoms with Crippen LogP contribution in [0.2, 0.25) is 0 Å². The number of hydrogen-bond acceptors (Lipinski definition) is 3. The third kappa shape index (κ3) is 3.83. The molecular formula is C11H16N2O3S. The van der Waals surface area contributed by atoms with Crippen molar-refractivity contribution in [3.63, 3.8) is 0 Å². The number of carbonyl (C=O) groups is 1. The minimum absolute atomic E-state index is 0.0793. The molecule has 0 saturated heterocycles. The standard InChI is InChI=1S/C11H16N2O3S/c1-8(2)7-13-11(14)9-5-3-4-6-10(9)17(12,15)16/h3-6,8H,7H2,1-2H3,(H,13,14)(H2,12,15,16). The van der Waals surface area contributed by atoms with Gasteiger partial charge in [-0.1, -0.05) is 26.0 Å². The van der Waals surface area contributed by atoms with Crippen LogP contribution in [0.3, 0.4) is 0 Å². The maximum absolute atomic E-state index is 11.8. The summed E-state index contributed by atoms with van der Waals surface area (Å²) >= 11 is 0. The van der Waals surface area contributed by atoms with Gasteiger partial charge in [-0.3, -0.25) is 4.79 Å². The summed E-state index contributed by atoms with van der Waals surface area (Å²) in [5.74, 6) is -0.135. The molecule has 94 valence electrons. The van der Waals surface area contributed by atoms with E-state index in [1.807, 2.05) is 13.8 Å². The first-order valence-corrected chi connectivity index (χ1v) is 6.77. The maximum atomic E-state index is 11.8. The van der Waals surface area contributed by atoms with Crippen LogP contribution in [0.4, 0.5) is 0 Å². The minimum atomic E-state index is -3.88. The monoisotopic (exact) mass is 256 g/mol. The lowest BCUT2D eigenvalue weighted by Crippen LogP contribution is -2.29. The summed E-state index contributed by atoms with van der Waals surface area (Å²) in [6.45, 7) is 4.38. The topological polar surface area (TPSA) is 89.3 Å². The normalized spacial score (nSPS) is 11.5. The van der Waals surface area contributed by atoms with Crippen molar-refractivity contribution < 1.29 is 13.2 Å². The van der Waals surface area contributed by atoms with Crippen LogP contribution >= 0.6 is 0 Å². The Morgan fingerprint density at radius 1 is 1.35 bits per heavy atom. The highest BCUT2D eigenvalue weighted by Crippen LogP contribution is 2.13. The van der Waals surface area contributed by atoms with E-state index in [0.29, 0.717) is 12.5 Å². The Balaban J connectivity index is 3.02. The van der Waals surface area contributed by atoms with Crippen molar-refractivity contribution in [1.29, 1.82) is 0 Å². The number of primary sulfonamides is 1. The first-order chi connectivity index (χ1) is 7.82. The lowest BCUT2D eigenvalue weighted by atomic mass is 10.2. The molecule has 0 heterocycles. The van der Waals surface area contributed by atoms with Crippen molar-refractivity contribution in [2.75, 3.05) is 6.54 Å². The van der Waals surface area contributed by atoms with Crippen molar-refractivity contribution in [1.82, 2.24) is 5.32 Å². The number of nitrogens with one attached hydrogen (secondary N) is 1. The van der Waals surface area contributed by atoms with E-state index in [-0.39, 0.29) is 10.5 Å². The summed E-state index contributed by atoms with van der Waals surface area (Å²) in [6, 6.07) is 5.88. The molecule has 0 atom stereocenters. The third-order valence-corrected chi connectivity index (χ3v) is 3.08. The van der Waals surface area contributed by atoms with Gasteiger partial charge in [0.1, 0.15) is 0 Å². The van der Waals surface area contributed by atoms with Crippen LogP contribution in [0.15, 0.2) is 29.2 Å². The quantitative estimate of drug-likeness (QED) is 0.831. The highest BCUT2D eigenvalue weighted by Gasteiger charge is 2.18. The van der Waals surface area contributed by atoms with Crippen LogP contribution in [-0.4, -0.2) is 20.9 Å². The average Bonchev–Trinajstić information content (AvgIpc) is 2.24. The van der Waals surface area contributed by atoms with Crippen LogP contribution in [0, 0.1) is 5.92 Å². The van der Waals surface area contributed by atoms with Gasteiger partial charge >= 0.3 is 0 Å². The molecule has 6 heteroatoms. The molecule has 1 rings (SSSR count). The zero-order chi connectivity index (χ0) is 13.1. The van der Waals surface area contributed by atoms with Gasteiger partial charge in [0.25, 0.3) is 5.91 Å². The zero-order valence-corrected chi connectivity index (χ0v) is 10.6. The predicted octanol–water partition coefficient (Wildman–Crippen LogP) is 0.720. The Labute approximate surface area is 101 Å². The minimum Gasteiger partial charge on any atom is -0.352 e. The molecule has 1 aromatic carbocycles. The molecule has 0 spiro atoms. The molecule has 0 unspecified atom stereocenters. The van der Waals surface area contributed by atoms with Gasteiger partial charge in [-0.05, 0) is 18.1 Å². The van der Waals surface area contributed by atoms with Gasteiger partial charge in [0.2, 0.25) is 10.0 Å². The van der Waals surface area contributed by atoms with Crippen molar-refractivity contribution in [2.45, 2.75) is 18.7 Å². The number of rotatable bonds is 4. The Bertz CT molecular complexity index is 509. The molecule has 0 aliphatic carbocycles. The first kappa shape index (κ1) is 13.7. The Kier molecular flexibility index (Phi) is 4.25. The predicted molar refractivity (Wildman–Crippen MR) is 65.0 cm³/mol. The molecule has 17 heavy (non-hydrogen) atoms. The first-order valence-electron chi connectivity index (χ1n) is 5.22. The summed E-state index contributed by atoms with van der Waals surface area (Å²) in [5.41, 5.74) is 0.0793. The molecule has 0 aliphatic rings. The summed E-state index contributed by atoms with van der Waals surface area (Å²) in [6.07, 6.45) is 0. The number of benzene rings is 1. The fraction of sp³-hybridized carbons (Fsp3) is 0.364. The van der Waals surface area contributed by atoms with Gasteiger partial charge in [0.15, 0.2) is 0 Å². The van der Waals surface area contributed by atoms with Crippen molar-refractivity contribution in [3.05, 3.63) is 29.8 Å². The summed E-state index contributed by atoms with van der Waals surface area (Å²) in [5, 5.41) is 7.70. The fourth-order valence-electron chi connectivity index (χ4n) is 1.29. The second-order valence-corrected chi connectivity index (χ2v) is 5.67. The molecule has 0 saturated carbocycles. The van der Waals surface area contributed by atoms with E-state index < -0.39 is 15.9 Å². The number of sulfonamides is 1. The van der Waals surface area contributed by atoms with Crippen molar-refractivity contribution >= 4 is 15.9 Å². The largest absolute Gasteiger partial charge is 0.352 e. The van der Waals surface area contributed by atoms with Crippen LogP contribution in [-0.2, 0) is 10.0 Å². The van der Waals surface area contributed by atoms with Gasteiger partial charge in [-0.2, -0.15) is 0 Å². The van der Waals surface area contributed by atoms with Crippen LogP contribution in [0.1, 0.15) is 24.2 Å². The second kappa shape index (κ2) is 5.29. The highest BCUT2D eigenvalue weighted by molar-refractivity contribution is 7.89. The summed E-state index contributed by atoms with van der Waals surface area (Å²) < 4.78 is 22.6. The van der Waals surface area contributed by atoms with Crippen molar-refractivity contribution in [2.24, 2.45) is 11.1 Å². The van der Waals surface area contributed by atoms with Crippen LogP contribution in [0.25, 0.3) is 0 Å². The van der Waals surface area contributed by atoms with Gasteiger partial charge < -0.3 is 5.32 Å². The number of carbonyl (C=O) groups excluding carboxylic acids is 1. The number of hydrogen-bond donors (Lipinski definition) is 2.